The summed E-state index contributed by atoms with van der Waals surface area (Å²) in [6.45, 7) is 0.390. The maximum Gasteiger partial charge on any atom is 0.303 e. The maximum absolute atomic E-state index is 11.5. The molecule has 0 aromatic carbocycles. The summed E-state index contributed by atoms with van der Waals surface area (Å²) < 4.78 is 2.00. The molecule has 2 rings (SSSR count). The highest BCUT2D eigenvalue weighted by molar-refractivity contribution is 7.99. The predicted molar refractivity (Wildman–Crippen MR) is 68.9 cm³/mol. The zero-order chi connectivity index (χ0) is 13.7. The molecular formula is C11H16N4O3S. The summed E-state index contributed by atoms with van der Waals surface area (Å²) in [4.78, 5) is 21.8. The zero-order valence-corrected chi connectivity index (χ0v) is 11.2. The van der Waals surface area contributed by atoms with Gasteiger partial charge in [-0.1, -0.05) is 11.8 Å². The minimum Gasteiger partial charge on any atom is -0.481 e. The van der Waals surface area contributed by atoms with E-state index in [9.17, 15) is 9.59 Å². The van der Waals surface area contributed by atoms with Gasteiger partial charge in [-0.3, -0.25) is 9.59 Å². The van der Waals surface area contributed by atoms with Crippen LogP contribution in [0.15, 0.2) is 11.5 Å². The summed E-state index contributed by atoms with van der Waals surface area (Å²) in [5.41, 5.74) is 0. The number of hydrogen-bond acceptors (Lipinski definition) is 5. The first-order valence-corrected chi connectivity index (χ1v) is 7.16. The Bertz CT molecular complexity index is 459. The lowest BCUT2D eigenvalue weighted by Crippen LogP contribution is -2.26. The van der Waals surface area contributed by atoms with Crippen molar-refractivity contribution < 1.29 is 14.7 Å². The Balaban J connectivity index is 1.65. The lowest BCUT2D eigenvalue weighted by atomic mass is 10.3. The van der Waals surface area contributed by atoms with Crippen molar-refractivity contribution >= 4 is 23.6 Å². The van der Waals surface area contributed by atoms with Gasteiger partial charge in [0.25, 0.3) is 0 Å². The van der Waals surface area contributed by atoms with Crippen LogP contribution in [0.5, 0.6) is 0 Å². The Morgan fingerprint density at radius 2 is 2.32 bits per heavy atom. The second-order valence-electron chi connectivity index (χ2n) is 4.39. The Labute approximate surface area is 114 Å². The third-order valence-electron chi connectivity index (χ3n) is 2.70. The molecule has 8 heteroatoms. The van der Waals surface area contributed by atoms with E-state index >= 15 is 0 Å². The molecule has 2 N–H and O–H groups in total. The normalized spacial score (nSPS) is 14.3. The third kappa shape index (κ3) is 4.55. The maximum atomic E-state index is 11.5. The lowest BCUT2D eigenvalue weighted by molar-refractivity contribution is -0.137. The van der Waals surface area contributed by atoms with E-state index < -0.39 is 5.97 Å². The zero-order valence-electron chi connectivity index (χ0n) is 10.4. The van der Waals surface area contributed by atoms with Crippen LogP contribution in [0, 0.1) is 0 Å². The van der Waals surface area contributed by atoms with Crippen LogP contribution in [0.1, 0.15) is 31.7 Å². The number of hydrogen-bond donors (Lipinski definition) is 2. The summed E-state index contributed by atoms with van der Waals surface area (Å²) in [6, 6.07) is 0.496. The molecule has 19 heavy (non-hydrogen) atoms. The molecular weight excluding hydrogens is 268 g/mol. The van der Waals surface area contributed by atoms with Crippen molar-refractivity contribution in [3.63, 3.8) is 0 Å². The summed E-state index contributed by atoms with van der Waals surface area (Å²) in [5.74, 6) is -0.680. The van der Waals surface area contributed by atoms with Crippen LogP contribution in [-0.4, -0.2) is 44.0 Å². The molecule has 1 amide bonds. The van der Waals surface area contributed by atoms with Gasteiger partial charge in [-0.15, -0.1) is 10.2 Å². The summed E-state index contributed by atoms with van der Waals surface area (Å²) >= 11 is 1.36. The highest BCUT2D eigenvalue weighted by Gasteiger charge is 2.26. The van der Waals surface area contributed by atoms with E-state index in [0.717, 1.165) is 18.0 Å². The SMILES string of the molecule is O=C(O)CCCNC(=O)CSc1nncn1C1CC1. The Morgan fingerprint density at radius 3 is 3.00 bits per heavy atom. The van der Waals surface area contributed by atoms with E-state index in [1.54, 1.807) is 6.33 Å². The Hall–Kier alpha value is -1.57. The van der Waals surface area contributed by atoms with E-state index in [4.69, 9.17) is 5.11 Å². The molecule has 0 spiro atoms. The van der Waals surface area contributed by atoms with Crippen LogP contribution >= 0.6 is 11.8 Å². The fourth-order valence-corrected chi connectivity index (χ4v) is 2.40. The van der Waals surface area contributed by atoms with Gasteiger partial charge in [0.2, 0.25) is 5.91 Å². The number of amides is 1. The van der Waals surface area contributed by atoms with Crippen LogP contribution in [0.3, 0.4) is 0 Å². The monoisotopic (exact) mass is 284 g/mol. The highest BCUT2D eigenvalue weighted by atomic mass is 32.2. The van der Waals surface area contributed by atoms with Gasteiger partial charge in [0, 0.05) is 19.0 Å². The second-order valence-corrected chi connectivity index (χ2v) is 5.33. The van der Waals surface area contributed by atoms with Crippen molar-refractivity contribution in [2.24, 2.45) is 0 Å². The quantitative estimate of drug-likeness (QED) is 0.538. The van der Waals surface area contributed by atoms with E-state index in [1.165, 1.54) is 11.8 Å². The number of nitrogens with one attached hydrogen (secondary N) is 1. The van der Waals surface area contributed by atoms with Gasteiger partial charge < -0.3 is 15.0 Å². The number of rotatable bonds is 8. The van der Waals surface area contributed by atoms with Gasteiger partial charge >= 0.3 is 5.97 Å². The average molecular weight is 284 g/mol. The number of carboxylic acid groups (broad SMARTS) is 1. The molecule has 1 aliphatic rings. The van der Waals surface area contributed by atoms with E-state index in [-0.39, 0.29) is 18.1 Å². The molecule has 0 radical (unpaired) electrons. The number of carbonyl (C=O) groups is 2. The molecule has 0 bridgehead atoms. The lowest BCUT2D eigenvalue weighted by Gasteiger charge is -2.05. The van der Waals surface area contributed by atoms with E-state index in [0.29, 0.717) is 19.0 Å². The molecule has 1 fully saturated rings. The number of nitrogens with zero attached hydrogens (tertiary/aromatic N) is 3. The number of aromatic nitrogens is 3. The van der Waals surface area contributed by atoms with Crippen LogP contribution in [0.2, 0.25) is 0 Å². The number of thioether (sulfide) groups is 1. The average Bonchev–Trinajstić information content (AvgIpc) is 3.11. The number of carboxylic acids is 1. The standard InChI is InChI=1S/C11H16N4O3S/c16-9(12-5-1-2-10(17)18)6-19-11-14-13-7-15(11)8-3-4-8/h7-8H,1-6H2,(H,12,16)(H,17,18). The largest absolute Gasteiger partial charge is 0.481 e. The van der Waals surface area contributed by atoms with Crippen LogP contribution in [0.25, 0.3) is 0 Å². The van der Waals surface area contributed by atoms with Crippen LogP contribution in [0.4, 0.5) is 0 Å². The minimum atomic E-state index is -0.846. The van der Waals surface area contributed by atoms with Crippen molar-refractivity contribution in [1.82, 2.24) is 20.1 Å². The highest BCUT2D eigenvalue weighted by Crippen LogP contribution is 2.37. The molecule has 104 valence electrons. The molecule has 0 aliphatic heterocycles. The summed E-state index contributed by atoms with van der Waals surface area (Å²) in [6.07, 6.45) is 4.51. The molecule has 1 heterocycles. The Kier molecular flexibility index (Phi) is 4.78. The predicted octanol–water partition coefficient (Wildman–Crippen LogP) is 0.686. The smallest absolute Gasteiger partial charge is 0.303 e. The van der Waals surface area contributed by atoms with Crippen molar-refractivity contribution in [2.75, 3.05) is 12.3 Å². The first kappa shape index (κ1) is 13.9. The minimum absolute atomic E-state index is 0.0728. The second kappa shape index (κ2) is 6.55. The fourth-order valence-electron chi connectivity index (χ4n) is 1.59. The first-order valence-electron chi connectivity index (χ1n) is 6.17. The Morgan fingerprint density at radius 1 is 1.53 bits per heavy atom. The number of carbonyl (C=O) groups excluding carboxylic acids is 1. The van der Waals surface area contributed by atoms with Gasteiger partial charge in [0.1, 0.15) is 6.33 Å². The van der Waals surface area contributed by atoms with Crippen molar-refractivity contribution in [3.8, 4) is 0 Å². The molecule has 1 aliphatic carbocycles. The molecule has 1 saturated carbocycles. The van der Waals surface area contributed by atoms with Crippen molar-refractivity contribution in [2.45, 2.75) is 36.9 Å². The van der Waals surface area contributed by atoms with Gasteiger partial charge in [0.05, 0.1) is 5.75 Å². The third-order valence-corrected chi connectivity index (χ3v) is 3.66. The topological polar surface area (TPSA) is 97.1 Å². The van der Waals surface area contributed by atoms with Gasteiger partial charge in [0.15, 0.2) is 5.16 Å². The van der Waals surface area contributed by atoms with Crippen molar-refractivity contribution in [1.29, 1.82) is 0 Å². The van der Waals surface area contributed by atoms with E-state index in [2.05, 4.69) is 15.5 Å². The summed E-state index contributed by atoms with van der Waals surface area (Å²) in [7, 11) is 0. The summed E-state index contributed by atoms with van der Waals surface area (Å²) in [5, 5.41) is 19.8. The van der Waals surface area contributed by atoms with Gasteiger partial charge in [-0.25, -0.2) is 0 Å². The van der Waals surface area contributed by atoms with Crippen molar-refractivity contribution in [3.05, 3.63) is 6.33 Å². The molecule has 1 aromatic rings. The fraction of sp³-hybridized carbons (Fsp3) is 0.636. The van der Waals surface area contributed by atoms with Crippen LogP contribution in [-0.2, 0) is 9.59 Å². The molecule has 0 atom stereocenters. The van der Waals surface area contributed by atoms with Gasteiger partial charge in [-0.05, 0) is 19.3 Å². The molecule has 1 aromatic heterocycles. The van der Waals surface area contributed by atoms with E-state index in [1.807, 2.05) is 4.57 Å². The van der Waals surface area contributed by atoms with Crippen LogP contribution < -0.4 is 5.32 Å². The molecule has 0 unspecified atom stereocenters. The molecule has 0 saturated heterocycles. The first-order chi connectivity index (χ1) is 9.16. The molecule has 7 nitrogen and oxygen atoms in total. The van der Waals surface area contributed by atoms with Gasteiger partial charge in [-0.2, -0.15) is 0 Å². The number of aliphatic carboxylic acids is 1.